The van der Waals surface area contributed by atoms with Crippen molar-refractivity contribution in [1.82, 2.24) is 19.9 Å². The van der Waals surface area contributed by atoms with Crippen LogP contribution in [0.15, 0.2) is 41.9 Å². The van der Waals surface area contributed by atoms with Gasteiger partial charge in [-0.05, 0) is 5.56 Å². The van der Waals surface area contributed by atoms with E-state index in [9.17, 15) is 10.1 Å². The molecule has 0 spiro atoms. The number of nitrogens with one attached hydrogen (secondary N) is 1. The van der Waals surface area contributed by atoms with Crippen LogP contribution in [0.5, 0.6) is 0 Å². The lowest BCUT2D eigenvalue weighted by Gasteiger charge is -2.01. The topological polar surface area (TPSA) is 97.6 Å². The van der Waals surface area contributed by atoms with E-state index < -0.39 is 4.92 Å². The number of hydrogen-bond donors (Lipinski definition) is 1. The molecule has 2 aromatic heterocycles. The van der Waals surface area contributed by atoms with Gasteiger partial charge in [0.1, 0.15) is 16.9 Å². The van der Waals surface area contributed by atoms with Crippen LogP contribution in [0.25, 0.3) is 11.2 Å². The van der Waals surface area contributed by atoms with Crippen molar-refractivity contribution in [3.8, 4) is 0 Å². The summed E-state index contributed by atoms with van der Waals surface area (Å²) >= 11 is 1.47. The minimum Gasteiger partial charge on any atom is -0.329 e. The lowest BCUT2D eigenvalue weighted by Crippen LogP contribution is -1.90. The number of aromatic amines is 1. The van der Waals surface area contributed by atoms with E-state index in [1.807, 2.05) is 6.07 Å². The summed E-state index contributed by atoms with van der Waals surface area (Å²) in [4.78, 5) is 25.7. The van der Waals surface area contributed by atoms with Gasteiger partial charge in [0, 0.05) is 17.9 Å². The first-order valence-corrected chi connectivity index (χ1v) is 6.73. The van der Waals surface area contributed by atoms with Crippen LogP contribution in [0.4, 0.5) is 5.69 Å². The lowest BCUT2D eigenvalue weighted by atomic mass is 10.2. The average Bonchev–Trinajstić information content (AvgIpc) is 2.94. The van der Waals surface area contributed by atoms with Gasteiger partial charge in [0.05, 0.1) is 11.3 Å². The standard InChI is InChI=1S/C12H9N5O2S/c18-17(19)9-3-1-2-8(4-9)5-20-12-10-11(14-6-13-10)15-7-16-12/h1-4,6-7H,5H2,(H,13,14,15,16). The van der Waals surface area contributed by atoms with Crippen molar-refractivity contribution in [3.63, 3.8) is 0 Å². The van der Waals surface area contributed by atoms with Gasteiger partial charge in [0.15, 0.2) is 5.65 Å². The van der Waals surface area contributed by atoms with Crippen LogP contribution in [0.3, 0.4) is 0 Å². The molecule has 3 rings (SSSR count). The maximum Gasteiger partial charge on any atom is 0.269 e. The van der Waals surface area contributed by atoms with Gasteiger partial charge in [-0.3, -0.25) is 10.1 Å². The van der Waals surface area contributed by atoms with Crippen LogP contribution in [-0.4, -0.2) is 24.9 Å². The summed E-state index contributed by atoms with van der Waals surface area (Å²) in [6, 6.07) is 6.57. The van der Waals surface area contributed by atoms with Crippen molar-refractivity contribution in [3.05, 3.63) is 52.6 Å². The first-order chi connectivity index (χ1) is 9.74. The molecule has 0 aliphatic rings. The van der Waals surface area contributed by atoms with E-state index in [0.29, 0.717) is 16.9 Å². The molecule has 1 aromatic carbocycles. The normalized spacial score (nSPS) is 10.8. The second-order valence-electron chi connectivity index (χ2n) is 3.99. The summed E-state index contributed by atoms with van der Waals surface area (Å²) in [5.74, 6) is 0.584. The number of nitro benzene ring substituents is 1. The molecule has 8 heteroatoms. The lowest BCUT2D eigenvalue weighted by molar-refractivity contribution is -0.384. The summed E-state index contributed by atoms with van der Waals surface area (Å²) in [7, 11) is 0. The van der Waals surface area contributed by atoms with Crippen LogP contribution in [0.2, 0.25) is 0 Å². The summed E-state index contributed by atoms with van der Waals surface area (Å²) in [6.45, 7) is 0. The molecule has 0 fully saturated rings. The molecule has 1 N–H and O–H groups in total. The molecule has 0 amide bonds. The van der Waals surface area contributed by atoms with Crippen LogP contribution < -0.4 is 0 Å². The third kappa shape index (κ3) is 2.45. The highest BCUT2D eigenvalue weighted by molar-refractivity contribution is 7.98. The quantitative estimate of drug-likeness (QED) is 0.343. The molecule has 100 valence electrons. The Hall–Kier alpha value is -2.48. The van der Waals surface area contributed by atoms with Gasteiger partial charge in [0.25, 0.3) is 5.69 Å². The molecule has 0 unspecified atom stereocenters. The highest BCUT2D eigenvalue weighted by atomic mass is 32.2. The first-order valence-electron chi connectivity index (χ1n) is 5.74. The maximum atomic E-state index is 10.7. The van der Waals surface area contributed by atoms with E-state index in [-0.39, 0.29) is 5.69 Å². The van der Waals surface area contributed by atoms with Crippen molar-refractivity contribution in [2.45, 2.75) is 10.8 Å². The number of benzene rings is 1. The Morgan fingerprint density at radius 3 is 3.05 bits per heavy atom. The van der Waals surface area contributed by atoms with E-state index >= 15 is 0 Å². The minimum absolute atomic E-state index is 0.0932. The molecule has 20 heavy (non-hydrogen) atoms. The molecule has 0 radical (unpaired) electrons. The van der Waals surface area contributed by atoms with Crippen molar-refractivity contribution < 1.29 is 4.92 Å². The Balaban J connectivity index is 1.81. The van der Waals surface area contributed by atoms with Gasteiger partial charge in [-0.25, -0.2) is 15.0 Å². The Labute approximate surface area is 117 Å². The Bertz CT molecular complexity index is 773. The maximum absolute atomic E-state index is 10.7. The second-order valence-corrected chi connectivity index (χ2v) is 4.96. The summed E-state index contributed by atoms with van der Waals surface area (Å²) in [6.07, 6.45) is 3.03. The predicted octanol–water partition coefficient (Wildman–Crippen LogP) is 2.55. The zero-order chi connectivity index (χ0) is 13.9. The van der Waals surface area contributed by atoms with Gasteiger partial charge in [-0.15, -0.1) is 0 Å². The summed E-state index contributed by atoms with van der Waals surface area (Å²) < 4.78 is 0. The highest BCUT2D eigenvalue weighted by Crippen LogP contribution is 2.26. The van der Waals surface area contributed by atoms with Crippen LogP contribution in [0.1, 0.15) is 5.56 Å². The van der Waals surface area contributed by atoms with Crippen LogP contribution in [0, 0.1) is 10.1 Å². The number of H-pyrrole nitrogens is 1. The van der Waals surface area contributed by atoms with E-state index in [1.165, 1.54) is 24.2 Å². The smallest absolute Gasteiger partial charge is 0.269 e. The number of imidazole rings is 1. The molecule has 0 saturated carbocycles. The number of aromatic nitrogens is 4. The van der Waals surface area contributed by atoms with Crippen molar-refractivity contribution >= 4 is 28.6 Å². The fourth-order valence-corrected chi connectivity index (χ4v) is 2.65. The molecular weight excluding hydrogens is 278 g/mol. The third-order valence-corrected chi connectivity index (χ3v) is 3.73. The van der Waals surface area contributed by atoms with E-state index in [0.717, 1.165) is 10.6 Å². The molecule has 0 saturated heterocycles. The molecule has 7 nitrogen and oxygen atoms in total. The van der Waals surface area contributed by atoms with Crippen molar-refractivity contribution in [2.24, 2.45) is 0 Å². The number of fused-ring (bicyclic) bond motifs is 1. The van der Waals surface area contributed by atoms with Gasteiger partial charge in [0.2, 0.25) is 0 Å². The molecular formula is C12H9N5O2S. The number of nitro groups is 1. The number of hydrogen-bond acceptors (Lipinski definition) is 6. The molecule has 3 aromatic rings. The third-order valence-electron chi connectivity index (χ3n) is 2.68. The molecule has 2 heterocycles. The zero-order valence-electron chi connectivity index (χ0n) is 10.2. The number of nitrogens with zero attached hydrogens (tertiary/aromatic N) is 4. The molecule has 0 aliphatic carbocycles. The van der Waals surface area contributed by atoms with E-state index in [2.05, 4.69) is 19.9 Å². The van der Waals surface area contributed by atoms with E-state index in [4.69, 9.17) is 0 Å². The Morgan fingerprint density at radius 2 is 2.20 bits per heavy atom. The van der Waals surface area contributed by atoms with E-state index in [1.54, 1.807) is 18.5 Å². The van der Waals surface area contributed by atoms with Gasteiger partial charge >= 0.3 is 0 Å². The summed E-state index contributed by atoms with van der Waals surface area (Å²) in [5, 5.41) is 11.5. The Morgan fingerprint density at radius 1 is 1.30 bits per heavy atom. The molecule has 0 bridgehead atoms. The van der Waals surface area contributed by atoms with Crippen LogP contribution in [-0.2, 0) is 5.75 Å². The number of thioether (sulfide) groups is 1. The van der Waals surface area contributed by atoms with Gasteiger partial charge < -0.3 is 4.98 Å². The predicted molar refractivity (Wildman–Crippen MR) is 74.3 cm³/mol. The fraction of sp³-hybridized carbons (Fsp3) is 0.0833. The van der Waals surface area contributed by atoms with Crippen molar-refractivity contribution in [1.29, 1.82) is 0 Å². The van der Waals surface area contributed by atoms with Crippen molar-refractivity contribution in [2.75, 3.05) is 0 Å². The number of rotatable bonds is 4. The van der Waals surface area contributed by atoms with Crippen LogP contribution >= 0.6 is 11.8 Å². The Kier molecular flexibility index (Phi) is 3.30. The average molecular weight is 287 g/mol. The SMILES string of the molecule is O=[N+]([O-])c1cccc(CSc2ncnc3[nH]cnc23)c1. The monoisotopic (exact) mass is 287 g/mol. The molecule has 0 atom stereocenters. The first kappa shape index (κ1) is 12.5. The van der Waals surface area contributed by atoms with Gasteiger partial charge in [-0.1, -0.05) is 23.9 Å². The molecule has 0 aliphatic heterocycles. The van der Waals surface area contributed by atoms with Gasteiger partial charge in [-0.2, -0.15) is 0 Å². The highest BCUT2D eigenvalue weighted by Gasteiger charge is 2.09. The zero-order valence-corrected chi connectivity index (χ0v) is 11.0. The minimum atomic E-state index is -0.398. The summed E-state index contributed by atoms with van der Waals surface area (Å²) in [5.41, 5.74) is 2.35. The largest absolute Gasteiger partial charge is 0.329 e. The fourth-order valence-electron chi connectivity index (χ4n) is 1.76. The number of non-ortho nitro benzene ring substituents is 1. The second kappa shape index (κ2) is 5.25.